The van der Waals surface area contributed by atoms with Crippen molar-refractivity contribution in [3.8, 4) is 5.75 Å². The Bertz CT molecular complexity index is 1080. The lowest BCUT2D eigenvalue weighted by molar-refractivity contribution is 0.415. The van der Waals surface area contributed by atoms with E-state index in [0.717, 1.165) is 33.0 Å². The maximum Gasteiger partial charge on any atom is 0.131 e. The average Bonchev–Trinajstić information content (AvgIpc) is 2.68. The number of fused-ring (bicyclic) bond motifs is 3. The molecule has 0 N–H and O–H groups in total. The van der Waals surface area contributed by atoms with Crippen LogP contribution in [0.25, 0.3) is 33.6 Å². The van der Waals surface area contributed by atoms with E-state index in [-0.39, 0.29) is 5.83 Å². The van der Waals surface area contributed by atoms with Crippen LogP contribution in [0.5, 0.6) is 5.75 Å². The van der Waals surface area contributed by atoms with Crippen molar-refractivity contribution in [2.24, 2.45) is 0 Å². The number of nitrogens with zero attached hydrogens (tertiary/aromatic N) is 1. The third-order valence-corrected chi connectivity index (χ3v) is 4.28. The van der Waals surface area contributed by atoms with Gasteiger partial charge in [0.2, 0.25) is 0 Å². The van der Waals surface area contributed by atoms with Crippen molar-refractivity contribution in [1.29, 1.82) is 0 Å². The minimum Gasteiger partial charge on any atom is -0.497 e. The molecule has 0 aliphatic heterocycles. The summed E-state index contributed by atoms with van der Waals surface area (Å²) in [6.07, 6.45) is 3.28. The summed E-state index contributed by atoms with van der Waals surface area (Å²) in [5.74, 6) is 0.465. The second-order valence-corrected chi connectivity index (χ2v) is 5.81. The standard InChI is InChI=1S/C22H16FNO/c1-25-18-11-7-15(8-12-18)14-20(23)19-6-2-4-16-9-10-17-5-3-13-24-22(17)21(16)19/h2-14H,1H3/b20-14-. The Balaban J connectivity index is 1.90. The van der Waals surface area contributed by atoms with Gasteiger partial charge in [0.25, 0.3) is 0 Å². The fourth-order valence-electron chi connectivity index (χ4n) is 3.04. The van der Waals surface area contributed by atoms with Crippen molar-refractivity contribution in [2.75, 3.05) is 7.11 Å². The lowest BCUT2D eigenvalue weighted by Crippen LogP contribution is -1.87. The normalized spacial score (nSPS) is 11.8. The minimum atomic E-state index is -0.283. The largest absolute Gasteiger partial charge is 0.497 e. The third kappa shape index (κ3) is 2.85. The Hall–Kier alpha value is -3.20. The Morgan fingerprint density at radius 3 is 2.48 bits per heavy atom. The van der Waals surface area contributed by atoms with Gasteiger partial charge in [0.05, 0.1) is 12.6 Å². The predicted octanol–water partition coefficient (Wildman–Crippen LogP) is 5.86. The molecule has 0 aliphatic carbocycles. The van der Waals surface area contributed by atoms with Gasteiger partial charge < -0.3 is 4.74 Å². The topological polar surface area (TPSA) is 22.1 Å². The first-order valence-electron chi connectivity index (χ1n) is 8.04. The van der Waals surface area contributed by atoms with E-state index >= 15 is 4.39 Å². The predicted molar refractivity (Wildman–Crippen MR) is 101 cm³/mol. The molecule has 25 heavy (non-hydrogen) atoms. The van der Waals surface area contributed by atoms with Gasteiger partial charge in [-0.15, -0.1) is 0 Å². The Morgan fingerprint density at radius 1 is 0.920 bits per heavy atom. The first-order valence-corrected chi connectivity index (χ1v) is 8.04. The van der Waals surface area contributed by atoms with E-state index in [1.54, 1.807) is 19.4 Å². The molecule has 3 aromatic carbocycles. The van der Waals surface area contributed by atoms with Crippen LogP contribution in [-0.4, -0.2) is 12.1 Å². The lowest BCUT2D eigenvalue weighted by atomic mass is 9.99. The summed E-state index contributed by atoms with van der Waals surface area (Å²) >= 11 is 0. The van der Waals surface area contributed by atoms with Crippen LogP contribution in [0, 0.1) is 0 Å². The van der Waals surface area contributed by atoms with E-state index in [0.29, 0.717) is 5.56 Å². The second-order valence-electron chi connectivity index (χ2n) is 5.81. The molecule has 3 heteroatoms. The van der Waals surface area contributed by atoms with Gasteiger partial charge >= 0.3 is 0 Å². The maximum atomic E-state index is 15.1. The molecule has 4 rings (SSSR count). The van der Waals surface area contributed by atoms with Gasteiger partial charge in [0.15, 0.2) is 0 Å². The molecule has 2 nitrogen and oxygen atoms in total. The first-order chi connectivity index (χ1) is 12.3. The van der Waals surface area contributed by atoms with Crippen molar-refractivity contribution in [2.45, 2.75) is 0 Å². The number of halogens is 1. The molecule has 0 unspecified atom stereocenters. The minimum absolute atomic E-state index is 0.283. The van der Waals surface area contributed by atoms with Crippen LogP contribution in [0.3, 0.4) is 0 Å². The van der Waals surface area contributed by atoms with Gasteiger partial charge in [0, 0.05) is 22.5 Å². The fraction of sp³-hybridized carbons (Fsp3) is 0.0455. The number of aromatic nitrogens is 1. The van der Waals surface area contributed by atoms with Crippen LogP contribution < -0.4 is 4.74 Å². The molecule has 0 saturated heterocycles. The van der Waals surface area contributed by atoms with E-state index in [4.69, 9.17) is 4.74 Å². The quantitative estimate of drug-likeness (QED) is 0.347. The molecular formula is C22H16FNO. The van der Waals surface area contributed by atoms with Crippen molar-refractivity contribution < 1.29 is 9.13 Å². The summed E-state index contributed by atoms with van der Waals surface area (Å²) < 4.78 is 20.2. The number of pyridine rings is 1. The van der Waals surface area contributed by atoms with Gasteiger partial charge in [0.1, 0.15) is 11.6 Å². The van der Waals surface area contributed by atoms with Gasteiger partial charge in [-0.25, -0.2) is 4.39 Å². The van der Waals surface area contributed by atoms with E-state index in [9.17, 15) is 0 Å². The molecule has 0 radical (unpaired) electrons. The second kappa shape index (κ2) is 6.36. The molecule has 0 atom stereocenters. The highest BCUT2D eigenvalue weighted by Gasteiger charge is 2.10. The maximum absolute atomic E-state index is 15.1. The fourth-order valence-corrected chi connectivity index (χ4v) is 3.04. The lowest BCUT2D eigenvalue weighted by Gasteiger charge is -2.08. The van der Waals surface area contributed by atoms with E-state index in [2.05, 4.69) is 4.98 Å². The number of ether oxygens (including phenoxy) is 1. The molecular weight excluding hydrogens is 313 g/mol. The zero-order valence-corrected chi connectivity index (χ0v) is 13.7. The number of rotatable bonds is 3. The van der Waals surface area contributed by atoms with Crippen molar-refractivity contribution in [3.63, 3.8) is 0 Å². The first kappa shape index (κ1) is 15.3. The highest BCUT2D eigenvalue weighted by atomic mass is 19.1. The highest BCUT2D eigenvalue weighted by Crippen LogP contribution is 2.32. The van der Waals surface area contributed by atoms with Gasteiger partial charge in [-0.3, -0.25) is 4.98 Å². The molecule has 1 aromatic heterocycles. The third-order valence-electron chi connectivity index (χ3n) is 4.28. The van der Waals surface area contributed by atoms with Gasteiger partial charge in [-0.05, 0) is 35.2 Å². The van der Waals surface area contributed by atoms with Crippen LogP contribution >= 0.6 is 0 Å². The van der Waals surface area contributed by atoms with Gasteiger partial charge in [-0.1, -0.05) is 48.5 Å². The Morgan fingerprint density at radius 2 is 1.68 bits per heavy atom. The molecule has 0 aliphatic rings. The van der Waals surface area contributed by atoms with Crippen LogP contribution in [0.15, 0.2) is 72.9 Å². The summed E-state index contributed by atoms with van der Waals surface area (Å²) in [6, 6.07) is 20.8. The Labute approximate surface area is 145 Å². The summed E-state index contributed by atoms with van der Waals surface area (Å²) in [7, 11) is 1.61. The van der Waals surface area contributed by atoms with Crippen molar-refractivity contribution >= 4 is 33.6 Å². The van der Waals surface area contributed by atoms with E-state index in [1.165, 1.54) is 6.08 Å². The smallest absolute Gasteiger partial charge is 0.131 e. The molecule has 1 heterocycles. The summed E-state index contributed by atoms with van der Waals surface area (Å²) in [5.41, 5.74) is 2.15. The van der Waals surface area contributed by atoms with Crippen LogP contribution in [0.4, 0.5) is 4.39 Å². The van der Waals surface area contributed by atoms with Crippen LogP contribution in [0.2, 0.25) is 0 Å². The van der Waals surface area contributed by atoms with Crippen LogP contribution in [0.1, 0.15) is 11.1 Å². The SMILES string of the molecule is COc1ccc(/C=C(\F)c2cccc3ccc4cccnc4c23)cc1. The monoisotopic (exact) mass is 329 g/mol. The van der Waals surface area contributed by atoms with Crippen LogP contribution in [-0.2, 0) is 0 Å². The number of hydrogen-bond acceptors (Lipinski definition) is 2. The number of hydrogen-bond donors (Lipinski definition) is 0. The molecule has 0 amide bonds. The highest BCUT2D eigenvalue weighted by molar-refractivity contribution is 6.10. The van der Waals surface area contributed by atoms with Gasteiger partial charge in [-0.2, -0.15) is 0 Å². The Kier molecular flexibility index (Phi) is 3.90. The molecule has 0 bridgehead atoms. The number of methoxy groups -OCH3 is 1. The van der Waals surface area contributed by atoms with E-state index in [1.807, 2.05) is 60.7 Å². The van der Waals surface area contributed by atoms with E-state index < -0.39 is 0 Å². The molecule has 0 saturated carbocycles. The molecule has 0 fully saturated rings. The zero-order valence-electron chi connectivity index (χ0n) is 13.7. The molecule has 4 aromatic rings. The van der Waals surface area contributed by atoms with Crippen molar-refractivity contribution in [1.82, 2.24) is 4.98 Å². The zero-order chi connectivity index (χ0) is 17.2. The summed E-state index contributed by atoms with van der Waals surface area (Å²) in [6.45, 7) is 0. The average molecular weight is 329 g/mol. The van der Waals surface area contributed by atoms with Crippen molar-refractivity contribution in [3.05, 3.63) is 84.1 Å². The number of benzene rings is 3. The summed E-state index contributed by atoms with van der Waals surface area (Å²) in [5, 5.41) is 2.81. The molecule has 122 valence electrons. The molecule has 0 spiro atoms. The summed E-state index contributed by atoms with van der Waals surface area (Å²) in [4.78, 5) is 4.47.